The van der Waals surface area contributed by atoms with Gasteiger partial charge in [0, 0.05) is 44.4 Å². The van der Waals surface area contributed by atoms with Gasteiger partial charge in [-0.1, -0.05) is 12.1 Å². The van der Waals surface area contributed by atoms with E-state index >= 15 is 0 Å². The van der Waals surface area contributed by atoms with Crippen molar-refractivity contribution in [3.8, 4) is 11.5 Å². The van der Waals surface area contributed by atoms with Gasteiger partial charge in [0.05, 0.1) is 26.9 Å². The Balaban J connectivity index is 1.56. The second-order valence-electron chi connectivity index (χ2n) is 6.19. The van der Waals surface area contributed by atoms with Gasteiger partial charge in [0.25, 0.3) is 0 Å². The second kappa shape index (κ2) is 9.22. The molecule has 0 aliphatic carbocycles. The van der Waals surface area contributed by atoms with Crippen LogP contribution in [0.4, 0.5) is 0 Å². The van der Waals surface area contributed by atoms with Crippen LogP contribution in [0.3, 0.4) is 0 Å². The van der Waals surface area contributed by atoms with E-state index in [0.29, 0.717) is 12.6 Å². The van der Waals surface area contributed by atoms with Gasteiger partial charge < -0.3 is 24.3 Å². The van der Waals surface area contributed by atoms with Gasteiger partial charge in [0.1, 0.15) is 6.61 Å². The van der Waals surface area contributed by atoms with Crippen molar-refractivity contribution in [3.63, 3.8) is 0 Å². The molecule has 2 aliphatic heterocycles. The molecule has 1 N–H and O–H groups in total. The standard InChI is InChI=1S/C18H28N2O4/c1-21-17-4-2-3-15(13-19-16-5-9-23-14-16)18(17)24-12-8-20-6-10-22-11-7-20/h2-4,16,19H,5-14H2,1H3/t16-/m1/s1. The van der Waals surface area contributed by atoms with Gasteiger partial charge in [-0.15, -0.1) is 0 Å². The molecule has 0 unspecified atom stereocenters. The Labute approximate surface area is 144 Å². The smallest absolute Gasteiger partial charge is 0.165 e. The zero-order chi connectivity index (χ0) is 16.6. The third kappa shape index (κ3) is 4.83. The van der Waals surface area contributed by atoms with E-state index in [1.54, 1.807) is 7.11 Å². The molecule has 0 aromatic heterocycles. The number of rotatable bonds is 8. The molecule has 6 heteroatoms. The van der Waals surface area contributed by atoms with Crippen molar-refractivity contribution in [2.75, 3.05) is 59.8 Å². The summed E-state index contributed by atoms with van der Waals surface area (Å²) < 4.78 is 22.4. The van der Waals surface area contributed by atoms with Crippen LogP contribution in [0, 0.1) is 0 Å². The van der Waals surface area contributed by atoms with Crippen molar-refractivity contribution < 1.29 is 18.9 Å². The first kappa shape index (κ1) is 17.5. The summed E-state index contributed by atoms with van der Waals surface area (Å²) in [7, 11) is 1.69. The first-order chi connectivity index (χ1) is 11.9. The minimum absolute atomic E-state index is 0.428. The predicted octanol–water partition coefficient (Wildman–Crippen LogP) is 1.28. The van der Waals surface area contributed by atoms with Crippen molar-refractivity contribution in [1.82, 2.24) is 10.2 Å². The highest BCUT2D eigenvalue weighted by atomic mass is 16.5. The fourth-order valence-electron chi connectivity index (χ4n) is 3.08. The van der Waals surface area contributed by atoms with E-state index in [-0.39, 0.29) is 0 Å². The molecule has 3 rings (SSSR count). The largest absolute Gasteiger partial charge is 0.493 e. The lowest BCUT2D eigenvalue weighted by Gasteiger charge is -2.26. The van der Waals surface area contributed by atoms with E-state index in [9.17, 15) is 0 Å². The van der Waals surface area contributed by atoms with Crippen LogP contribution in [0.25, 0.3) is 0 Å². The molecule has 1 aromatic rings. The predicted molar refractivity (Wildman–Crippen MR) is 91.8 cm³/mol. The normalized spacial score (nSPS) is 21.8. The Hall–Kier alpha value is -1.34. The lowest BCUT2D eigenvalue weighted by atomic mass is 10.1. The number of hydrogen-bond acceptors (Lipinski definition) is 6. The Morgan fingerprint density at radius 2 is 2.08 bits per heavy atom. The van der Waals surface area contributed by atoms with Crippen molar-refractivity contribution in [1.29, 1.82) is 0 Å². The molecular formula is C18H28N2O4. The zero-order valence-corrected chi connectivity index (χ0v) is 14.5. The molecule has 134 valence electrons. The Bertz CT molecular complexity index is 500. The molecule has 2 aliphatic rings. The van der Waals surface area contributed by atoms with Crippen molar-refractivity contribution >= 4 is 0 Å². The van der Waals surface area contributed by atoms with Crippen LogP contribution in [0.5, 0.6) is 11.5 Å². The molecule has 0 spiro atoms. The van der Waals surface area contributed by atoms with Crippen LogP contribution >= 0.6 is 0 Å². The van der Waals surface area contributed by atoms with Gasteiger partial charge in [-0.25, -0.2) is 0 Å². The van der Waals surface area contributed by atoms with Crippen LogP contribution in [-0.2, 0) is 16.0 Å². The summed E-state index contributed by atoms with van der Waals surface area (Å²) in [6.07, 6.45) is 1.07. The van der Waals surface area contributed by atoms with Gasteiger partial charge in [-0.05, 0) is 12.5 Å². The van der Waals surface area contributed by atoms with E-state index in [1.807, 2.05) is 12.1 Å². The quantitative estimate of drug-likeness (QED) is 0.772. The monoisotopic (exact) mass is 336 g/mol. The number of methoxy groups -OCH3 is 1. The molecule has 24 heavy (non-hydrogen) atoms. The number of nitrogens with zero attached hydrogens (tertiary/aromatic N) is 1. The molecule has 2 heterocycles. The van der Waals surface area contributed by atoms with E-state index in [4.69, 9.17) is 18.9 Å². The van der Waals surface area contributed by atoms with Crippen LogP contribution in [0.1, 0.15) is 12.0 Å². The third-order valence-electron chi connectivity index (χ3n) is 4.55. The number of nitrogens with one attached hydrogen (secondary N) is 1. The number of morpholine rings is 1. The average molecular weight is 336 g/mol. The molecule has 6 nitrogen and oxygen atoms in total. The Kier molecular flexibility index (Phi) is 6.72. The molecule has 2 saturated heterocycles. The van der Waals surface area contributed by atoms with Crippen LogP contribution in [-0.4, -0.2) is 70.7 Å². The van der Waals surface area contributed by atoms with E-state index < -0.39 is 0 Å². The molecule has 0 radical (unpaired) electrons. The molecule has 0 amide bonds. The minimum atomic E-state index is 0.428. The third-order valence-corrected chi connectivity index (χ3v) is 4.55. The van der Waals surface area contributed by atoms with Gasteiger partial charge in [-0.3, -0.25) is 4.90 Å². The number of ether oxygens (including phenoxy) is 4. The summed E-state index contributed by atoms with van der Waals surface area (Å²) in [5.74, 6) is 1.64. The highest BCUT2D eigenvalue weighted by Gasteiger charge is 2.17. The van der Waals surface area contributed by atoms with Crippen LogP contribution in [0.2, 0.25) is 0 Å². The zero-order valence-electron chi connectivity index (χ0n) is 14.5. The fraction of sp³-hybridized carbons (Fsp3) is 0.667. The molecule has 1 atom stereocenters. The van der Waals surface area contributed by atoms with E-state index in [1.165, 1.54) is 0 Å². The van der Waals surface area contributed by atoms with Gasteiger partial charge >= 0.3 is 0 Å². The topological polar surface area (TPSA) is 52.2 Å². The number of benzene rings is 1. The summed E-state index contributed by atoms with van der Waals surface area (Å²) in [6.45, 7) is 7.54. The molecular weight excluding hydrogens is 308 g/mol. The van der Waals surface area contributed by atoms with E-state index in [2.05, 4.69) is 16.3 Å². The Morgan fingerprint density at radius 1 is 1.21 bits per heavy atom. The maximum absolute atomic E-state index is 6.10. The van der Waals surface area contributed by atoms with E-state index in [0.717, 1.165) is 76.1 Å². The summed E-state index contributed by atoms with van der Waals surface area (Å²) >= 11 is 0. The first-order valence-corrected chi connectivity index (χ1v) is 8.76. The van der Waals surface area contributed by atoms with Crippen molar-refractivity contribution in [3.05, 3.63) is 23.8 Å². The average Bonchev–Trinajstić information content (AvgIpc) is 3.15. The minimum Gasteiger partial charge on any atom is -0.493 e. The summed E-state index contributed by atoms with van der Waals surface area (Å²) in [5.41, 5.74) is 1.13. The van der Waals surface area contributed by atoms with Gasteiger partial charge in [0.15, 0.2) is 11.5 Å². The van der Waals surface area contributed by atoms with Gasteiger partial charge in [-0.2, -0.15) is 0 Å². The lowest BCUT2D eigenvalue weighted by Crippen LogP contribution is -2.38. The number of hydrogen-bond donors (Lipinski definition) is 1. The SMILES string of the molecule is COc1cccc(CN[C@@H]2CCOC2)c1OCCN1CCOCC1. The second-order valence-corrected chi connectivity index (χ2v) is 6.19. The maximum atomic E-state index is 6.10. The maximum Gasteiger partial charge on any atom is 0.165 e. The summed E-state index contributed by atoms with van der Waals surface area (Å²) in [6, 6.07) is 6.48. The highest BCUT2D eigenvalue weighted by molar-refractivity contribution is 5.46. The molecule has 0 saturated carbocycles. The van der Waals surface area contributed by atoms with Gasteiger partial charge in [0.2, 0.25) is 0 Å². The Morgan fingerprint density at radius 3 is 2.83 bits per heavy atom. The molecule has 0 bridgehead atoms. The molecule has 1 aromatic carbocycles. The lowest BCUT2D eigenvalue weighted by molar-refractivity contribution is 0.0320. The first-order valence-electron chi connectivity index (χ1n) is 8.76. The highest BCUT2D eigenvalue weighted by Crippen LogP contribution is 2.31. The van der Waals surface area contributed by atoms with Crippen molar-refractivity contribution in [2.45, 2.75) is 19.0 Å². The molecule has 2 fully saturated rings. The van der Waals surface area contributed by atoms with Crippen molar-refractivity contribution in [2.24, 2.45) is 0 Å². The summed E-state index contributed by atoms with van der Waals surface area (Å²) in [5, 5.41) is 3.54. The van der Waals surface area contributed by atoms with Crippen LogP contribution < -0.4 is 14.8 Å². The fourth-order valence-corrected chi connectivity index (χ4v) is 3.08. The van der Waals surface area contributed by atoms with Crippen LogP contribution in [0.15, 0.2) is 18.2 Å². The summed E-state index contributed by atoms with van der Waals surface area (Å²) in [4.78, 5) is 2.37. The number of para-hydroxylation sites is 1.